The lowest BCUT2D eigenvalue weighted by molar-refractivity contribution is -0.153. The molecule has 0 spiro atoms. The van der Waals surface area contributed by atoms with Crippen LogP contribution in [-0.2, 0) is 19.1 Å². The maximum atomic E-state index is 11.7. The first-order chi connectivity index (χ1) is 9.58. The van der Waals surface area contributed by atoms with Crippen LogP contribution in [0.15, 0.2) is 12.7 Å². The van der Waals surface area contributed by atoms with Crippen molar-refractivity contribution < 1.29 is 23.9 Å². The number of hydrogen-bond acceptors (Lipinski definition) is 6. The lowest BCUT2D eigenvalue weighted by atomic mass is 10.2. The minimum absolute atomic E-state index is 0.0787. The number of carbonyl (C=O) groups is 3. The molecule has 8 heteroatoms. The summed E-state index contributed by atoms with van der Waals surface area (Å²) >= 11 is 0. The summed E-state index contributed by atoms with van der Waals surface area (Å²) in [6.45, 7) is 4.64. The second-order valence-corrected chi connectivity index (χ2v) is 4.13. The predicted octanol–water partition coefficient (Wildman–Crippen LogP) is -1.13. The van der Waals surface area contributed by atoms with E-state index in [1.54, 1.807) is 4.90 Å². The minimum atomic E-state index is -0.629. The molecule has 1 rings (SSSR count). The largest absolute Gasteiger partial charge is 0.468 e. The average Bonchev–Trinajstić information content (AvgIpc) is 2.44. The molecule has 1 fully saturated rings. The first-order valence-electron chi connectivity index (χ1n) is 6.16. The number of methoxy groups -OCH3 is 1. The third-order valence-corrected chi connectivity index (χ3v) is 2.72. The Morgan fingerprint density at radius 3 is 2.90 bits per heavy atom. The molecule has 0 saturated carbocycles. The summed E-state index contributed by atoms with van der Waals surface area (Å²) in [6.07, 6.45) is 1.50. The van der Waals surface area contributed by atoms with Crippen molar-refractivity contribution in [1.29, 1.82) is 0 Å². The fourth-order valence-corrected chi connectivity index (χ4v) is 1.74. The van der Waals surface area contributed by atoms with Crippen LogP contribution >= 0.6 is 0 Å². The quantitative estimate of drug-likeness (QED) is 0.490. The molecule has 0 aromatic rings. The number of morpholine rings is 1. The van der Waals surface area contributed by atoms with Crippen molar-refractivity contribution in [1.82, 2.24) is 15.5 Å². The number of nitrogens with one attached hydrogen (secondary N) is 2. The van der Waals surface area contributed by atoms with Crippen LogP contribution < -0.4 is 10.6 Å². The third-order valence-electron chi connectivity index (χ3n) is 2.72. The van der Waals surface area contributed by atoms with E-state index in [-0.39, 0.29) is 19.7 Å². The molecule has 0 bridgehead atoms. The van der Waals surface area contributed by atoms with Crippen molar-refractivity contribution in [2.75, 3.05) is 40.0 Å². The van der Waals surface area contributed by atoms with Crippen molar-refractivity contribution in [3.05, 3.63) is 12.7 Å². The number of hydrogen-bond donors (Lipinski definition) is 2. The SMILES string of the molecule is C=CCNC(=O)NC(=O)CN1CCOCC1C(=O)OC. The molecule has 8 nitrogen and oxygen atoms in total. The fraction of sp³-hybridized carbons (Fsp3) is 0.583. The highest BCUT2D eigenvalue weighted by Gasteiger charge is 2.31. The summed E-state index contributed by atoms with van der Waals surface area (Å²) in [5.74, 6) is -0.962. The topological polar surface area (TPSA) is 97.0 Å². The normalized spacial score (nSPS) is 18.9. The standard InChI is InChI=1S/C12H19N3O5/c1-3-4-13-12(18)14-10(16)7-15-5-6-20-8-9(15)11(17)19-2/h3,9H,1,4-8H2,2H3,(H2,13,14,16,18). The molecular weight excluding hydrogens is 266 g/mol. The summed E-state index contributed by atoms with van der Waals surface area (Å²) < 4.78 is 9.84. The summed E-state index contributed by atoms with van der Waals surface area (Å²) in [5, 5.41) is 4.59. The predicted molar refractivity (Wildman–Crippen MR) is 69.9 cm³/mol. The first kappa shape index (κ1) is 16.1. The van der Waals surface area contributed by atoms with E-state index in [4.69, 9.17) is 4.74 Å². The summed E-state index contributed by atoms with van der Waals surface area (Å²) in [5.41, 5.74) is 0. The van der Waals surface area contributed by atoms with E-state index in [1.165, 1.54) is 13.2 Å². The second kappa shape index (κ2) is 8.28. The molecule has 0 radical (unpaired) electrons. The molecular formula is C12H19N3O5. The monoisotopic (exact) mass is 285 g/mol. The zero-order valence-corrected chi connectivity index (χ0v) is 11.4. The van der Waals surface area contributed by atoms with Crippen LogP contribution in [0, 0.1) is 0 Å². The van der Waals surface area contributed by atoms with Gasteiger partial charge in [0.2, 0.25) is 5.91 Å². The van der Waals surface area contributed by atoms with Gasteiger partial charge < -0.3 is 14.8 Å². The third kappa shape index (κ3) is 4.98. The molecule has 0 aromatic heterocycles. The highest BCUT2D eigenvalue weighted by atomic mass is 16.5. The van der Waals surface area contributed by atoms with E-state index >= 15 is 0 Å². The van der Waals surface area contributed by atoms with E-state index in [0.717, 1.165) is 0 Å². The molecule has 1 saturated heterocycles. The maximum absolute atomic E-state index is 11.7. The van der Waals surface area contributed by atoms with E-state index in [0.29, 0.717) is 13.2 Å². The smallest absolute Gasteiger partial charge is 0.325 e. The zero-order valence-electron chi connectivity index (χ0n) is 11.4. The van der Waals surface area contributed by atoms with Crippen molar-refractivity contribution in [3.8, 4) is 0 Å². The lowest BCUT2D eigenvalue weighted by Crippen LogP contribution is -2.54. The molecule has 1 heterocycles. The van der Waals surface area contributed by atoms with Gasteiger partial charge in [-0.05, 0) is 0 Å². The van der Waals surface area contributed by atoms with Gasteiger partial charge in [-0.2, -0.15) is 0 Å². The van der Waals surface area contributed by atoms with Gasteiger partial charge in [-0.1, -0.05) is 6.08 Å². The Labute approximate surface area is 117 Å². The second-order valence-electron chi connectivity index (χ2n) is 4.13. The Kier molecular flexibility index (Phi) is 6.68. The van der Waals surface area contributed by atoms with Crippen molar-refractivity contribution in [2.24, 2.45) is 0 Å². The molecule has 0 aliphatic carbocycles. The van der Waals surface area contributed by atoms with Crippen LogP contribution in [0.1, 0.15) is 0 Å². The lowest BCUT2D eigenvalue weighted by Gasteiger charge is -2.32. The van der Waals surface area contributed by atoms with Crippen LogP contribution in [-0.4, -0.2) is 68.8 Å². The maximum Gasteiger partial charge on any atom is 0.325 e. The van der Waals surface area contributed by atoms with Crippen molar-refractivity contribution >= 4 is 17.9 Å². The van der Waals surface area contributed by atoms with E-state index in [2.05, 4.69) is 21.9 Å². The van der Waals surface area contributed by atoms with Crippen molar-refractivity contribution in [3.63, 3.8) is 0 Å². The molecule has 2 N–H and O–H groups in total. The van der Waals surface area contributed by atoms with Gasteiger partial charge in [0.1, 0.15) is 6.04 Å². The first-order valence-corrected chi connectivity index (χ1v) is 6.16. The van der Waals surface area contributed by atoms with Crippen LogP contribution in [0.3, 0.4) is 0 Å². The van der Waals surface area contributed by atoms with Gasteiger partial charge in [0.25, 0.3) is 0 Å². The number of rotatable bonds is 5. The van der Waals surface area contributed by atoms with Crippen molar-refractivity contribution in [2.45, 2.75) is 6.04 Å². The Bertz CT molecular complexity index is 385. The molecule has 0 aromatic carbocycles. The Morgan fingerprint density at radius 1 is 1.50 bits per heavy atom. The molecule has 3 amide bonds. The van der Waals surface area contributed by atoms with E-state index in [9.17, 15) is 14.4 Å². The Hall–Kier alpha value is -1.93. The van der Waals surface area contributed by atoms with Crippen LogP contribution in [0.4, 0.5) is 4.79 Å². The Balaban J connectivity index is 2.47. The molecule has 1 aliphatic heterocycles. The number of esters is 1. The summed E-state index contributed by atoms with van der Waals surface area (Å²) in [6, 6.07) is -1.23. The van der Waals surface area contributed by atoms with Gasteiger partial charge in [0, 0.05) is 13.1 Å². The van der Waals surface area contributed by atoms with Gasteiger partial charge in [0.05, 0.1) is 26.9 Å². The zero-order chi connectivity index (χ0) is 15.0. The number of imide groups is 1. The molecule has 1 unspecified atom stereocenters. The number of urea groups is 1. The van der Waals surface area contributed by atoms with Crippen LogP contribution in [0.25, 0.3) is 0 Å². The van der Waals surface area contributed by atoms with Gasteiger partial charge in [-0.25, -0.2) is 4.79 Å². The summed E-state index contributed by atoms with van der Waals surface area (Å²) in [4.78, 5) is 36.2. The van der Waals surface area contributed by atoms with Crippen LogP contribution in [0.2, 0.25) is 0 Å². The molecule has 20 heavy (non-hydrogen) atoms. The highest BCUT2D eigenvalue weighted by Crippen LogP contribution is 2.07. The van der Waals surface area contributed by atoms with Crippen LogP contribution in [0.5, 0.6) is 0 Å². The van der Waals surface area contributed by atoms with Gasteiger partial charge in [0.15, 0.2) is 0 Å². The highest BCUT2D eigenvalue weighted by molar-refractivity contribution is 5.95. The van der Waals surface area contributed by atoms with E-state index in [1.807, 2.05) is 0 Å². The number of amides is 3. The number of carbonyl (C=O) groups excluding carboxylic acids is 3. The number of ether oxygens (including phenoxy) is 2. The number of nitrogens with zero attached hydrogens (tertiary/aromatic N) is 1. The van der Waals surface area contributed by atoms with Gasteiger partial charge in [-0.3, -0.25) is 19.8 Å². The van der Waals surface area contributed by atoms with Gasteiger partial charge >= 0.3 is 12.0 Å². The average molecular weight is 285 g/mol. The summed E-state index contributed by atoms with van der Waals surface area (Å²) in [7, 11) is 1.28. The fourth-order valence-electron chi connectivity index (χ4n) is 1.74. The Morgan fingerprint density at radius 2 is 2.25 bits per heavy atom. The molecule has 1 aliphatic rings. The molecule has 1 atom stereocenters. The molecule has 112 valence electrons. The minimum Gasteiger partial charge on any atom is -0.468 e. The van der Waals surface area contributed by atoms with Gasteiger partial charge in [-0.15, -0.1) is 6.58 Å². The van der Waals surface area contributed by atoms with E-state index < -0.39 is 23.9 Å².